The summed E-state index contributed by atoms with van der Waals surface area (Å²) in [6.45, 7) is 5.34. The van der Waals surface area contributed by atoms with Crippen molar-refractivity contribution in [3.8, 4) is 0 Å². The number of sulfone groups is 1. The summed E-state index contributed by atoms with van der Waals surface area (Å²) in [6, 6.07) is 10.1. The molecule has 150 valence electrons. The molecule has 28 heavy (non-hydrogen) atoms. The summed E-state index contributed by atoms with van der Waals surface area (Å²) in [6.07, 6.45) is 1.07. The van der Waals surface area contributed by atoms with E-state index in [-0.39, 0.29) is 17.4 Å². The summed E-state index contributed by atoms with van der Waals surface area (Å²) < 4.78 is 57.0. The van der Waals surface area contributed by atoms with Gasteiger partial charge in [-0.25, -0.2) is 21.8 Å². The molecule has 2 aromatic carbocycles. The van der Waals surface area contributed by atoms with Crippen molar-refractivity contribution in [1.29, 1.82) is 0 Å². The highest BCUT2D eigenvalue weighted by atomic mass is 32.2. The van der Waals surface area contributed by atoms with Crippen molar-refractivity contribution in [3.63, 3.8) is 0 Å². The zero-order valence-electron chi connectivity index (χ0n) is 16.1. The van der Waals surface area contributed by atoms with Gasteiger partial charge < -0.3 is 4.74 Å². The number of hydrogen-bond acceptors (Lipinski definition) is 6. The van der Waals surface area contributed by atoms with Crippen molar-refractivity contribution < 1.29 is 21.6 Å². The highest BCUT2D eigenvalue weighted by Crippen LogP contribution is 2.28. The molecular formula is C19H22N2O5S2. The predicted octanol–water partition coefficient (Wildman–Crippen LogP) is 2.56. The van der Waals surface area contributed by atoms with Crippen LogP contribution < -0.4 is 4.72 Å². The van der Waals surface area contributed by atoms with Gasteiger partial charge >= 0.3 is 0 Å². The zero-order valence-corrected chi connectivity index (χ0v) is 17.7. The number of ether oxygens (including phenoxy) is 1. The fourth-order valence-corrected chi connectivity index (χ4v) is 4.86. The average molecular weight is 423 g/mol. The van der Waals surface area contributed by atoms with Crippen LogP contribution in [0.3, 0.4) is 0 Å². The number of sulfonamides is 1. The summed E-state index contributed by atoms with van der Waals surface area (Å²) in [5.41, 5.74) is 3.35. The van der Waals surface area contributed by atoms with Crippen molar-refractivity contribution in [2.24, 2.45) is 4.99 Å². The normalized spacial score (nSPS) is 17.1. The third kappa shape index (κ3) is 4.20. The van der Waals surface area contributed by atoms with Crippen molar-refractivity contribution in [2.45, 2.75) is 31.0 Å². The summed E-state index contributed by atoms with van der Waals surface area (Å²) in [5.74, 6) is 0.193. The molecule has 1 atom stereocenters. The van der Waals surface area contributed by atoms with E-state index in [1.807, 2.05) is 13.8 Å². The molecule has 0 aromatic heterocycles. The van der Waals surface area contributed by atoms with Crippen molar-refractivity contribution in [2.75, 3.05) is 17.6 Å². The second kappa shape index (κ2) is 7.21. The number of aryl methyl sites for hydroxylation is 2. The minimum Gasteiger partial charge on any atom is -0.474 e. The van der Waals surface area contributed by atoms with Crippen molar-refractivity contribution >= 4 is 31.4 Å². The first-order valence-corrected chi connectivity index (χ1v) is 12.0. The van der Waals surface area contributed by atoms with Gasteiger partial charge in [-0.15, -0.1) is 0 Å². The number of hydrogen-bond donors (Lipinski definition) is 1. The maximum atomic E-state index is 12.9. The summed E-state index contributed by atoms with van der Waals surface area (Å²) in [4.78, 5) is 4.49. The minimum absolute atomic E-state index is 0.0895. The maximum absolute atomic E-state index is 12.9. The van der Waals surface area contributed by atoms with Crippen LogP contribution in [-0.4, -0.2) is 41.0 Å². The van der Waals surface area contributed by atoms with Crippen LogP contribution in [-0.2, 0) is 24.6 Å². The third-order valence-corrected chi connectivity index (χ3v) is 6.89. The van der Waals surface area contributed by atoms with Crippen LogP contribution >= 0.6 is 0 Å². The highest BCUT2D eigenvalue weighted by Gasteiger charge is 2.34. The van der Waals surface area contributed by atoms with E-state index in [1.54, 1.807) is 43.3 Å². The number of anilines is 1. The quantitative estimate of drug-likeness (QED) is 0.798. The van der Waals surface area contributed by atoms with Crippen LogP contribution in [0, 0.1) is 20.8 Å². The Morgan fingerprint density at radius 2 is 1.64 bits per heavy atom. The van der Waals surface area contributed by atoms with Gasteiger partial charge in [-0.3, -0.25) is 4.72 Å². The first-order chi connectivity index (χ1) is 13.0. The van der Waals surface area contributed by atoms with Gasteiger partial charge in [-0.1, -0.05) is 17.7 Å². The Morgan fingerprint density at radius 1 is 1.00 bits per heavy atom. The zero-order chi connectivity index (χ0) is 20.7. The Bertz CT molecular complexity index is 1150. The van der Waals surface area contributed by atoms with E-state index in [4.69, 9.17) is 4.74 Å². The molecule has 1 heterocycles. The molecule has 0 saturated heterocycles. The average Bonchev–Trinajstić information content (AvgIpc) is 3.07. The molecule has 1 aliphatic heterocycles. The Morgan fingerprint density at radius 3 is 2.25 bits per heavy atom. The molecule has 0 aliphatic carbocycles. The summed E-state index contributed by atoms with van der Waals surface area (Å²) in [5, 5.41) is -1.04. The molecule has 1 N–H and O–H groups in total. The molecule has 0 fully saturated rings. The first kappa shape index (κ1) is 20.3. The Hall–Kier alpha value is -2.39. The molecule has 1 aliphatic rings. The van der Waals surface area contributed by atoms with Gasteiger partial charge in [0.2, 0.25) is 25.8 Å². The maximum Gasteiger partial charge on any atom is 0.229 e. The lowest BCUT2D eigenvalue weighted by molar-refractivity contribution is 0.337. The fourth-order valence-electron chi connectivity index (χ4n) is 2.93. The van der Waals surface area contributed by atoms with Gasteiger partial charge in [0, 0.05) is 5.56 Å². The van der Waals surface area contributed by atoms with E-state index in [0.717, 1.165) is 17.4 Å². The molecule has 0 spiro atoms. The van der Waals surface area contributed by atoms with Gasteiger partial charge in [0.25, 0.3) is 0 Å². The first-order valence-electron chi connectivity index (χ1n) is 8.58. The molecule has 3 rings (SSSR count). The number of aliphatic imine (C=N–C) groups is 1. The van der Waals surface area contributed by atoms with E-state index in [0.29, 0.717) is 16.8 Å². The van der Waals surface area contributed by atoms with Crippen LogP contribution in [0.2, 0.25) is 0 Å². The Balaban J connectivity index is 1.99. The number of nitrogens with zero attached hydrogens (tertiary/aromatic N) is 1. The highest BCUT2D eigenvalue weighted by molar-refractivity contribution is 7.92. The molecule has 1 unspecified atom stereocenters. The van der Waals surface area contributed by atoms with Crippen LogP contribution in [0.15, 0.2) is 46.3 Å². The third-order valence-electron chi connectivity index (χ3n) is 4.41. The fraction of sp³-hybridized carbons (Fsp3) is 0.316. The molecule has 0 saturated carbocycles. The molecule has 7 nitrogen and oxygen atoms in total. The van der Waals surface area contributed by atoms with Crippen LogP contribution in [0.4, 0.5) is 5.69 Å². The van der Waals surface area contributed by atoms with Crippen LogP contribution in [0.25, 0.3) is 0 Å². The van der Waals surface area contributed by atoms with Gasteiger partial charge in [-0.2, -0.15) is 0 Å². The second-order valence-corrected chi connectivity index (χ2v) is 10.8. The topological polar surface area (TPSA) is 102 Å². The van der Waals surface area contributed by atoms with Gasteiger partial charge in [0.15, 0.2) is 5.37 Å². The monoisotopic (exact) mass is 422 g/mol. The number of rotatable bonds is 5. The van der Waals surface area contributed by atoms with Crippen LogP contribution in [0.1, 0.15) is 22.3 Å². The lowest BCUT2D eigenvalue weighted by atomic mass is 10.0. The summed E-state index contributed by atoms with van der Waals surface area (Å²) >= 11 is 0. The van der Waals surface area contributed by atoms with Gasteiger partial charge in [-0.05, 0) is 56.2 Å². The lowest BCUT2D eigenvalue weighted by Crippen LogP contribution is -2.20. The van der Waals surface area contributed by atoms with E-state index in [2.05, 4.69) is 9.71 Å². The van der Waals surface area contributed by atoms with Gasteiger partial charge in [0.05, 0.1) is 16.8 Å². The Labute approximate surface area is 165 Å². The van der Waals surface area contributed by atoms with E-state index in [9.17, 15) is 16.8 Å². The molecule has 2 aromatic rings. The number of benzene rings is 2. The molecular weight excluding hydrogens is 400 g/mol. The van der Waals surface area contributed by atoms with Crippen molar-refractivity contribution in [1.82, 2.24) is 0 Å². The van der Waals surface area contributed by atoms with Gasteiger partial charge in [0.1, 0.15) is 6.61 Å². The lowest BCUT2D eigenvalue weighted by Gasteiger charge is -2.13. The van der Waals surface area contributed by atoms with Crippen molar-refractivity contribution in [3.05, 3.63) is 58.7 Å². The Kier molecular flexibility index (Phi) is 5.24. The standard InChI is InChI=1S/C19H22N2O5S2/c1-12-5-7-15(8-6-12)28(24,25)18-11-26-19(20-18)16-9-13(2)10-17(14(16)3)21-27(4,22)23/h5-10,18,21H,11H2,1-4H3. The molecule has 0 bridgehead atoms. The van der Waals surface area contributed by atoms with Crippen LogP contribution in [0.5, 0.6) is 0 Å². The predicted molar refractivity (Wildman–Crippen MR) is 109 cm³/mol. The smallest absolute Gasteiger partial charge is 0.229 e. The summed E-state index contributed by atoms with van der Waals surface area (Å²) in [7, 11) is -7.14. The number of nitrogens with one attached hydrogen (secondary N) is 1. The van der Waals surface area contributed by atoms with E-state index in [1.165, 1.54) is 0 Å². The largest absolute Gasteiger partial charge is 0.474 e. The minimum atomic E-state index is -3.68. The SMILES string of the molecule is Cc1ccc(S(=O)(=O)C2COC(c3cc(C)cc(NS(C)(=O)=O)c3C)=N2)cc1. The molecule has 0 amide bonds. The molecule has 0 radical (unpaired) electrons. The molecule has 9 heteroatoms. The second-order valence-electron chi connectivity index (χ2n) is 6.92. The van der Waals surface area contributed by atoms with E-state index >= 15 is 0 Å². The van der Waals surface area contributed by atoms with E-state index < -0.39 is 25.2 Å².